The SMILES string of the molecule is CC1CCCC(C2CN=C(N)N2c2ccccc2Br)C1. The predicted molar refractivity (Wildman–Crippen MR) is 88.0 cm³/mol. The Balaban J connectivity index is 1.87. The molecule has 1 fully saturated rings. The number of aliphatic imine (C=N–C) groups is 1. The molecule has 2 aliphatic rings. The Morgan fingerprint density at radius 2 is 2.10 bits per heavy atom. The average Bonchev–Trinajstić information content (AvgIpc) is 2.81. The molecular formula is C16H22BrN3. The van der Waals surface area contributed by atoms with E-state index in [2.05, 4.69) is 50.9 Å². The first-order chi connectivity index (χ1) is 9.66. The second-order valence-corrected chi connectivity index (χ2v) is 6.97. The first-order valence-electron chi connectivity index (χ1n) is 7.50. The van der Waals surface area contributed by atoms with Crippen molar-refractivity contribution in [1.82, 2.24) is 0 Å². The Morgan fingerprint density at radius 1 is 1.30 bits per heavy atom. The highest BCUT2D eigenvalue weighted by atomic mass is 79.9. The Hall–Kier alpha value is -1.03. The number of guanidine groups is 1. The quantitative estimate of drug-likeness (QED) is 0.893. The summed E-state index contributed by atoms with van der Waals surface area (Å²) in [4.78, 5) is 6.76. The van der Waals surface area contributed by atoms with Crippen LogP contribution in [0.1, 0.15) is 32.6 Å². The zero-order chi connectivity index (χ0) is 14.1. The van der Waals surface area contributed by atoms with Crippen LogP contribution in [0.2, 0.25) is 0 Å². The summed E-state index contributed by atoms with van der Waals surface area (Å²) in [6.07, 6.45) is 5.31. The van der Waals surface area contributed by atoms with E-state index in [-0.39, 0.29) is 0 Å². The minimum absolute atomic E-state index is 0.427. The zero-order valence-corrected chi connectivity index (χ0v) is 13.5. The second-order valence-electron chi connectivity index (χ2n) is 6.12. The average molecular weight is 336 g/mol. The molecule has 0 bridgehead atoms. The lowest BCUT2D eigenvalue weighted by atomic mass is 9.78. The number of nitrogens with two attached hydrogens (primary N) is 1. The van der Waals surface area contributed by atoms with Gasteiger partial charge in [0, 0.05) is 4.47 Å². The summed E-state index contributed by atoms with van der Waals surface area (Å²) in [6, 6.07) is 8.72. The summed E-state index contributed by atoms with van der Waals surface area (Å²) >= 11 is 3.64. The van der Waals surface area contributed by atoms with Crippen LogP contribution in [-0.2, 0) is 0 Å². The van der Waals surface area contributed by atoms with Crippen molar-refractivity contribution in [2.24, 2.45) is 22.6 Å². The van der Waals surface area contributed by atoms with Crippen molar-refractivity contribution in [3.05, 3.63) is 28.7 Å². The summed E-state index contributed by atoms with van der Waals surface area (Å²) in [5.41, 5.74) is 7.31. The molecule has 1 aliphatic heterocycles. The Labute approximate surface area is 129 Å². The molecule has 0 aromatic heterocycles. The fourth-order valence-electron chi connectivity index (χ4n) is 3.65. The third-order valence-electron chi connectivity index (χ3n) is 4.65. The smallest absolute Gasteiger partial charge is 0.196 e. The first-order valence-corrected chi connectivity index (χ1v) is 8.30. The first kappa shape index (κ1) is 13.9. The molecular weight excluding hydrogens is 314 g/mol. The van der Waals surface area contributed by atoms with Gasteiger partial charge in [-0.05, 0) is 52.7 Å². The highest BCUT2D eigenvalue weighted by molar-refractivity contribution is 9.10. The third-order valence-corrected chi connectivity index (χ3v) is 5.32. The number of nitrogens with zero attached hydrogens (tertiary/aromatic N) is 2. The number of para-hydroxylation sites is 1. The van der Waals surface area contributed by atoms with Crippen LogP contribution in [0.15, 0.2) is 33.7 Å². The van der Waals surface area contributed by atoms with E-state index in [0.29, 0.717) is 17.9 Å². The van der Waals surface area contributed by atoms with Crippen molar-refractivity contribution in [3.63, 3.8) is 0 Å². The van der Waals surface area contributed by atoms with Crippen molar-refractivity contribution in [2.45, 2.75) is 38.6 Å². The highest BCUT2D eigenvalue weighted by Gasteiger charge is 2.36. The number of benzene rings is 1. The number of hydrogen-bond acceptors (Lipinski definition) is 3. The lowest BCUT2D eigenvalue weighted by Crippen LogP contribution is -2.46. The summed E-state index contributed by atoms with van der Waals surface area (Å²) in [5.74, 6) is 2.20. The van der Waals surface area contributed by atoms with Crippen molar-refractivity contribution in [1.29, 1.82) is 0 Å². The summed E-state index contributed by atoms with van der Waals surface area (Å²) < 4.78 is 1.09. The molecule has 1 heterocycles. The maximum absolute atomic E-state index is 6.17. The van der Waals surface area contributed by atoms with Crippen molar-refractivity contribution >= 4 is 27.6 Å². The van der Waals surface area contributed by atoms with Gasteiger partial charge in [-0.15, -0.1) is 0 Å². The van der Waals surface area contributed by atoms with Gasteiger partial charge >= 0.3 is 0 Å². The fraction of sp³-hybridized carbons (Fsp3) is 0.562. The molecule has 0 amide bonds. The van der Waals surface area contributed by atoms with E-state index >= 15 is 0 Å². The molecule has 3 atom stereocenters. The molecule has 1 aromatic carbocycles. The zero-order valence-electron chi connectivity index (χ0n) is 11.9. The largest absolute Gasteiger partial charge is 0.370 e. The van der Waals surface area contributed by atoms with Gasteiger partial charge in [0.05, 0.1) is 18.3 Å². The molecule has 0 spiro atoms. The van der Waals surface area contributed by atoms with E-state index in [1.165, 1.54) is 25.7 Å². The minimum Gasteiger partial charge on any atom is -0.370 e. The molecule has 3 rings (SSSR count). The molecule has 3 unspecified atom stereocenters. The Bertz CT molecular complexity index is 514. The van der Waals surface area contributed by atoms with Gasteiger partial charge in [0.1, 0.15) is 0 Å². The fourth-order valence-corrected chi connectivity index (χ4v) is 4.13. The van der Waals surface area contributed by atoms with E-state index in [4.69, 9.17) is 5.73 Å². The van der Waals surface area contributed by atoms with Gasteiger partial charge in [-0.2, -0.15) is 0 Å². The molecule has 2 N–H and O–H groups in total. The van der Waals surface area contributed by atoms with Crippen molar-refractivity contribution in [3.8, 4) is 0 Å². The normalized spacial score (nSPS) is 30.4. The summed E-state index contributed by atoms with van der Waals surface area (Å²) in [5, 5.41) is 0. The topological polar surface area (TPSA) is 41.6 Å². The molecule has 108 valence electrons. The van der Waals surface area contributed by atoms with Gasteiger partial charge in [0.25, 0.3) is 0 Å². The maximum atomic E-state index is 6.17. The lowest BCUT2D eigenvalue weighted by molar-refractivity contribution is 0.253. The van der Waals surface area contributed by atoms with Crippen molar-refractivity contribution < 1.29 is 0 Å². The number of rotatable bonds is 2. The van der Waals surface area contributed by atoms with Gasteiger partial charge in [0.2, 0.25) is 0 Å². The Kier molecular flexibility index (Phi) is 4.01. The molecule has 20 heavy (non-hydrogen) atoms. The van der Waals surface area contributed by atoms with Crippen LogP contribution in [0, 0.1) is 11.8 Å². The standard InChI is InChI=1S/C16H22BrN3/c1-11-5-4-6-12(9-11)15-10-19-16(18)20(15)14-8-3-2-7-13(14)17/h2-3,7-8,11-12,15H,4-6,9-10H2,1H3,(H2,18,19). The van der Waals surface area contributed by atoms with Crippen LogP contribution in [0.4, 0.5) is 5.69 Å². The molecule has 3 nitrogen and oxygen atoms in total. The number of hydrogen-bond donors (Lipinski definition) is 1. The van der Waals surface area contributed by atoms with E-state index < -0.39 is 0 Å². The predicted octanol–water partition coefficient (Wildman–Crippen LogP) is 3.78. The molecule has 4 heteroatoms. The summed E-state index contributed by atoms with van der Waals surface area (Å²) in [6.45, 7) is 3.21. The van der Waals surface area contributed by atoms with E-state index in [9.17, 15) is 0 Å². The summed E-state index contributed by atoms with van der Waals surface area (Å²) in [7, 11) is 0. The van der Waals surface area contributed by atoms with Crippen LogP contribution >= 0.6 is 15.9 Å². The van der Waals surface area contributed by atoms with Crippen LogP contribution < -0.4 is 10.6 Å². The second kappa shape index (κ2) is 5.76. The number of anilines is 1. The van der Waals surface area contributed by atoms with Gasteiger partial charge < -0.3 is 10.6 Å². The third kappa shape index (κ3) is 2.58. The van der Waals surface area contributed by atoms with E-state index in [1.54, 1.807) is 0 Å². The molecule has 1 aliphatic carbocycles. The van der Waals surface area contributed by atoms with Gasteiger partial charge in [-0.1, -0.05) is 31.9 Å². The van der Waals surface area contributed by atoms with Gasteiger partial charge in [0.15, 0.2) is 5.96 Å². The lowest BCUT2D eigenvalue weighted by Gasteiger charge is -2.37. The molecule has 1 aromatic rings. The Morgan fingerprint density at radius 3 is 2.85 bits per heavy atom. The minimum atomic E-state index is 0.427. The molecule has 0 radical (unpaired) electrons. The molecule has 1 saturated carbocycles. The van der Waals surface area contributed by atoms with Crippen LogP contribution in [0.3, 0.4) is 0 Å². The van der Waals surface area contributed by atoms with Gasteiger partial charge in [-0.25, -0.2) is 0 Å². The maximum Gasteiger partial charge on any atom is 0.196 e. The monoisotopic (exact) mass is 335 g/mol. The van der Waals surface area contributed by atoms with Crippen LogP contribution in [-0.4, -0.2) is 18.5 Å². The molecule has 0 saturated heterocycles. The number of halogens is 1. The van der Waals surface area contributed by atoms with E-state index in [0.717, 1.165) is 22.6 Å². The van der Waals surface area contributed by atoms with Crippen LogP contribution in [0.5, 0.6) is 0 Å². The van der Waals surface area contributed by atoms with Gasteiger partial charge in [-0.3, -0.25) is 4.99 Å². The highest BCUT2D eigenvalue weighted by Crippen LogP contribution is 2.37. The van der Waals surface area contributed by atoms with Crippen LogP contribution in [0.25, 0.3) is 0 Å². The van der Waals surface area contributed by atoms with E-state index in [1.807, 2.05) is 6.07 Å². The van der Waals surface area contributed by atoms with Crippen molar-refractivity contribution in [2.75, 3.05) is 11.4 Å².